The first-order valence-corrected chi connectivity index (χ1v) is 6.32. The number of carboxylic acid groups (broad SMARTS) is 1. The summed E-state index contributed by atoms with van der Waals surface area (Å²) in [6, 6.07) is 2.68. The molecule has 0 aromatic carbocycles. The lowest BCUT2D eigenvalue weighted by molar-refractivity contribution is -0.147. The van der Waals surface area contributed by atoms with Gasteiger partial charge < -0.3 is 10.0 Å². The zero-order valence-electron chi connectivity index (χ0n) is 9.02. The van der Waals surface area contributed by atoms with Gasteiger partial charge in [-0.15, -0.1) is 0 Å². The van der Waals surface area contributed by atoms with Gasteiger partial charge in [0.1, 0.15) is 6.04 Å². The maximum absolute atomic E-state index is 11.1. The van der Waals surface area contributed by atoms with Crippen LogP contribution in [0.4, 0.5) is 0 Å². The number of aliphatic carboxylic acids is 1. The SMILES string of the molecule is O=CN1[C@@H](c2cccnc2)CSC[C@H]1C(=O)O. The molecule has 0 radical (unpaired) electrons. The molecule has 0 aliphatic carbocycles. The van der Waals surface area contributed by atoms with Crippen LogP contribution < -0.4 is 0 Å². The maximum Gasteiger partial charge on any atom is 0.327 e. The van der Waals surface area contributed by atoms with Crippen LogP contribution in [-0.2, 0) is 9.59 Å². The van der Waals surface area contributed by atoms with Crippen LogP contribution in [0.2, 0.25) is 0 Å². The highest BCUT2D eigenvalue weighted by Crippen LogP contribution is 2.31. The van der Waals surface area contributed by atoms with Crippen LogP contribution in [0.5, 0.6) is 0 Å². The van der Waals surface area contributed by atoms with Crippen molar-refractivity contribution in [1.29, 1.82) is 0 Å². The lowest BCUT2D eigenvalue weighted by Crippen LogP contribution is -2.48. The molecule has 5 nitrogen and oxygen atoms in total. The first kappa shape index (κ1) is 11.9. The van der Waals surface area contributed by atoms with Gasteiger partial charge in [0.05, 0.1) is 6.04 Å². The van der Waals surface area contributed by atoms with Gasteiger partial charge in [-0.2, -0.15) is 11.8 Å². The standard InChI is InChI=1S/C11H12N2O3S/c14-7-13-9(8-2-1-3-12-4-8)5-17-6-10(13)11(15)16/h1-4,7,9-10H,5-6H2,(H,15,16)/t9-,10+/m1/s1. The van der Waals surface area contributed by atoms with Crippen LogP contribution in [-0.4, -0.2) is 44.9 Å². The molecule has 1 aliphatic heterocycles. The third-order valence-electron chi connectivity index (χ3n) is 2.75. The Morgan fingerprint density at radius 1 is 1.59 bits per heavy atom. The normalized spacial score (nSPS) is 24.4. The monoisotopic (exact) mass is 252 g/mol. The molecule has 1 amide bonds. The molecule has 6 heteroatoms. The fourth-order valence-corrected chi connectivity index (χ4v) is 3.13. The van der Waals surface area contributed by atoms with E-state index in [1.54, 1.807) is 30.2 Å². The van der Waals surface area contributed by atoms with E-state index in [1.165, 1.54) is 4.90 Å². The molecule has 2 heterocycles. The third kappa shape index (κ3) is 2.41. The molecule has 0 spiro atoms. The van der Waals surface area contributed by atoms with Gasteiger partial charge in [0, 0.05) is 23.9 Å². The van der Waals surface area contributed by atoms with Crippen LogP contribution in [0.15, 0.2) is 24.5 Å². The first-order chi connectivity index (χ1) is 8.24. The summed E-state index contributed by atoms with van der Waals surface area (Å²) in [7, 11) is 0. The second-order valence-corrected chi connectivity index (χ2v) is 4.82. The Balaban J connectivity index is 2.27. The van der Waals surface area contributed by atoms with E-state index in [9.17, 15) is 9.59 Å². The van der Waals surface area contributed by atoms with Crippen molar-refractivity contribution in [2.75, 3.05) is 11.5 Å². The van der Waals surface area contributed by atoms with Crippen molar-refractivity contribution in [3.05, 3.63) is 30.1 Å². The van der Waals surface area contributed by atoms with E-state index in [2.05, 4.69) is 4.98 Å². The molecule has 1 fully saturated rings. The number of hydrogen-bond acceptors (Lipinski definition) is 4. The van der Waals surface area contributed by atoms with E-state index >= 15 is 0 Å². The van der Waals surface area contributed by atoms with Crippen molar-refractivity contribution in [2.45, 2.75) is 12.1 Å². The third-order valence-corrected chi connectivity index (χ3v) is 3.85. The molecular weight excluding hydrogens is 240 g/mol. The molecule has 1 aromatic rings. The van der Waals surface area contributed by atoms with E-state index < -0.39 is 12.0 Å². The van der Waals surface area contributed by atoms with Gasteiger partial charge in [-0.3, -0.25) is 9.78 Å². The molecule has 90 valence electrons. The summed E-state index contributed by atoms with van der Waals surface area (Å²) in [6.07, 6.45) is 3.95. The number of amides is 1. The Morgan fingerprint density at radius 3 is 3.00 bits per heavy atom. The quantitative estimate of drug-likeness (QED) is 0.805. The molecule has 1 aromatic heterocycles. The largest absolute Gasteiger partial charge is 0.480 e. The summed E-state index contributed by atoms with van der Waals surface area (Å²) < 4.78 is 0. The summed E-state index contributed by atoms with van der Waals surface area (Å²) in [4.78, 5) is 27.5. The minimum Gasteiger partial charge on any atom is -0.480 e. The van der Waals surface area contributed by atoms with Crippen LogP contribution in [0.25, 0.3) is 0 Å². The summed E-state index contributed by atoms with van der Waals surface area (Å²) >= 11 is 1.54. The van der Waals surface area contributed by atoms with Gasteiger partial charge in [-0.1, -0.05) is 6.07 Å². The number of aromatic nitrogens is 1. The summed E-state index contributed by atoms with van der Waals surface area (Å²) in [5.41, 5.74) is 0.873. The van der Waals surface area contributed by atoms with Crippen molar-refractivity contribution in [3.63, 3.8) is 0 Å². The summed E-state index contributed by atoms with van der Waals surface area (Å²) in [6.45, 7) is 0. The summed E-state index contributed by atoms with van der Waals surface area (Å²) in [5.74, 6) is 0.178. The number of rotatable bonds is 3. The fourth-order valence-electron chi connectivity index (χ4n) is 1.87. The van der Waals surface area contributed by atoms with Crippen LogP contribution >= 0.6 is 11.8 Å². The van der Waals surface area contributed by atoms with Gasteiger partial charge in [0.2, 0.25) is 6.41 Å². The molecular formula is C11H12N2O3S. The molecule has 0 saturated carbocycles. The minimum absolute atomic E-state index is 0.207. The lowest BCUT2D eigenvalue weighted by atomic mass is 10.1. The predicted molar refractivity (Wildman–Crippen MR) is 63.6 cm³/mol. The second kappa shape index (κ2) is 5.18. The first-order valence-electron chi connectivity index (χ1n) is 5.17. The average Bonchev–Trinajstić information content (AvgIpc) is 2.38. The van der Waals surface area contributed by atoms with Crippen LogP contribution in [0, 0.1) is 0 Å². The van der Waals surface area contributed by atoms with E-state index in [0.717, 1.165) is 5.56 Å². The Morgan fingerprint density at radius 2 is 2.41 bits per heavy atom. The number of carbonyl (C=O) groups is 2. The molecule has 2 atom stereocenters. The minimum atomic E-state index is -0.960. The van der Waals surface area contributed by atoms with E-state index in [1.807, 2.05) is 6.07 Å². The smallest absolute Gasteiger partial charge is 0.327 e. The van der Waals surface area contributed by atoms with Crippen molar-refractivity contribution in [3.8, 4) is 0 Å². The summed E-state index contributed by atoms with van der Waals surface area (Å²) in [5, 5.41) is 9.07. The van der Waals surface area contributed by atoms with Crippen molar-refractivity contribution in [1.82, 2.24) is 9.88 Å². The molecule has 2 rings (SSSR count). The average molecular weight is 252 g/mol. The maximum atomic E-state index is 11.1. The highest BCUT2D eigenvalue weighted by molar-refractivity contribution is 7.99. The van der Waals surface area contributed by atoms with Gasteiger partial charge in [0.25, 0.3) is 0 Å². The van der Waals surface area contributed by atoms with Gasteiger partial charge in [-0.05, 0) is 11.6 Å². The Kier molecular flexibility index (Phi) is 3.63. The number of nitrogens with zero attached hydrogens (tertiary/aromatic N) is 2. The molecule has 1 saturated heterocycles. The highest BCUT2D eigenvalue weighted by Gasteiger charge is 2.35. The van der Waals surface area contributed by atoms with Gasteiger partial charge in [0.15, 0.2) is 0 Å². The number of carbonyl (C=O) groups excluding carboxylic acids is 1. The van der Waals surface area contributed by atoms with Crippen molar-refractivity contribution in [2.24, 2.45) is 0 Å². The van der Waals surface area contributed by atoms with E-state index in [0.29, 0.717) is 17.9 Å². The number of thioether (sulfide) groups is 1. The molecule has 0 bridgehead atoms. The van der Waals surface area contributed by atoms with Gasteiger partial charge in [-0.25, -0.2) is 4.79 Å². The number of pyridine rings is 1. The topological polar surface area (TPSA) is 70.5 Å². The lowest BCUT2D eigenvalue weighted by Gasteiger charge is -2.37. The number of hydrogen-bond donors (Lipinski definition) is 1. The molecule has 1 aliphatic rings. The zero-order valence-corrected chi connectivity index (χ0v) is 9.84. The molecule has 1 N–H and O–H groups in total. The van der Waals surface area contributed by atoms with E-state index in [-0.39, 0.29) is 6.04 Å². The predicted octanol–water partition coefficient (Wildman–Crippen LogP) is 0.781. The van der Waals surface area contributed by atoms with Crippen LogP contribution in [0.1, 0.15) is 11.6 Å². The van der Waals surface area contributed by atoms with Crippen molar-refractivity contribution >= 4 is 24.1 Å². The Hall–Kier alpha value is -1.56. The number of carboxylic acids is 1. The van der Waals surface area contributed by atoms with Crippen LogP contribution in [0.3, 0.4) is 0 Å². The molecule has 0 unspecified atom stereocenters. The van der Waals surface area contributed by atoms with E-state index in [4.69, 9.17) is 5.11 Å². The Labute approximate surface area is 103 Å². The Bertz CT molecular complexity index is 412. The highest BCUT2D eigenvalue weighted by atomic mass is 32.2. The fraction of sp³-hybridized carbons (Fsp3) is 0.364. The zero-order chi connectivity index (χ0) is 12.3. The molecule has 17 heavy (non-hydrogen) atoms. The second-order valence-electron chi connectivity index (χ2n) is 3.75. The van der Waals surface area contributed by atoms with Crippen molar-refractivity contribution < 1.29 is 14.7 Å². The van der Waals surface area contributed by atoms with Gasteiger partial charge >= 0.3 is 5.97 Å².